The number of benzene rings is 2. The van der Waals surface area contributed by atoms with Crippen LogP contribution in [0.1, 0.15) is 24.0 Å². The summed E-state index contributed by atoms with van der Waals surface area (Å²) in [7, 11) is 0. The number of carbonyl (C=O) groups is 1. The zero-order chi connectivity index (χ0) is 15.6. The number of hydrogen-bond donors (Lipinski definition) is 1. The first-order valence-corrected chi connectivity index (χ1v) is 7.21. The van der Waals surface area contributed by atoms with Gasteiger partial charge in [0.1, 0.15) is 6.61 Å². The number of nitriles is 1. The molecule has 4 nitrogen and oxygen atoms in total. The van der Waals surface area contributed by atoms with Crippen molar-refractivity contribution in [2.75, 3.05) is 5.32 Å². The molecule has 1 amide bonds. The molecule has 112 valence electrons. The number of rotatable bonds is 6. The quantitative estimate of drug-likeness (QED) is 0.809. The van der Waals surface area contributed by atoms with E-state index in [1.54, 1.807) is 0 Å². The lowest BCUT2D eigenvalue weighted by atomic mass is 10.1. The molecule has 2 aromatic carbocycles. The van der Waals surface area contributed by atoms with Crippen LogP contribution in [0.2, 0.25) is 0 Å². The summed E-state index contributed by atoms with van der Waals surface area (Å²) in [5.74, 6) is 0. The minimum atomic E-state index is -0.474. The number of aryl methyl sites for hydroxylation is 1. The molecule has 2 rings (SSSR count). The number of amides is 1. The van der Waals surface area contributed by atoms with Gasteiger partial charge < -0.3 is 4.74 Å². The van der Waals surface area contributed by atoms with Gasteiger partial charge >= 0.3 is 6.09 Å². The first-order chi connectivity index (χ1) is 10.8. The first kappa shape index (κ1) is 15.6. The number of hydrogen-bond acceptors (Lipinski definition) is 3. The highest BCUT2D eigenvalue weighted by atomic mass is 16.5. The number of nitrogens with one attached hydrogen (secondary N) is 1. The molecule has 0 aliphatic rings. The zero-order valence-electron chi connectivity index (χ0n) is 12.3. The van der Waals surface area contributed by atoms with Crippen LogP contribution < -0.4 is 5.32 Å². The Hall–Kier alpha value is -2.80. The molecule has 0 spiro atoms. The summed E-state index contributed by atoms with van der Waals surface area (Å²) in [4.78, 5) is 11.8. The van der Waals surface area contributed by atoms with Crippen LogP contribution in [0.15, 0.2) is 54.6 Å². The highest BCUT2D eigenvalue weighted by molar-refractivity contribution is 5.84. The SMILES string of the molecule is N#CCCCc1cccc(NC(=O)OCc2ccccc2)c1. The molecule has 0 unspecified atom stereocenters. The predicted octanol–water partition coefficient (Wildman–Crippen LogP) is 4.28. The minimum Gasteiger partial charge on any atom is -0.444 e. The lowest BCUT2D eigenvalue weighted by molar-refractivity contribution is 0.155. The third kappa shape index (κ3) is 5.29. The van der Waals surface area contributed by atoms with Gasteiger partial charge in [-0.1, -0.05) is 42.5 Å². The second-order valence-corrected chi connectivity index (χ2v) is 4.90. The Morgan fingerprint density at radius 3 is 2.64 bits per heavy atom. The van der Waals surface area contributed by atoms with Crippen molar-refractivity contribution in [3.05, 3.63) is 65.7 Å². The molecule has 4 heteroatoms. The van der Waals surface area contributed by atoms with E-state index in [4.69, 9.17) is 10.00 Å². The van der Waals surface area contributed by atoms with E-state index in [0.717, 1.165) is 24.0 Å². The number of carbonyl (C=O) groups excluding carboxylic acids is 1. The van der Waals surface area contributed by atoms with E-state index in [2.05, 4.69) is 11.4 Å². The molecule has 0 saturated heterocycles. The number of unbranched alkanes of at least 4 members (excludes halogenated alkanes) is 1. The largest absolute Gasteiger partial charge is 0.444 e. The van der Waals surface area contributed by atoms with Gasteiger partial charge in [0.25, 0.3) is 0 Å². The van der Waals surface area contributed by atoms with Crippen molar-refractivity contribution in [3.8, 4) is 6.07 Å². The lowest BCUT2D eigenvalue weighted by Gasteiger charge is -2.08. The Morgan fingerprint density at radius 1 is 1.09 bits per heavy atom. The Balaban J connectivity index is 1.83. The highest BCUT2D eigenvalue weighted by Crippen LogP contribution is 2.13. The van der Waals surface area contributed by atoms with Crippen LogP contribution in [0, 0.1) is 11.3 Å². The number of anilines is 1. The van der Waals surface area contributed by atoms with E-state index in [9.17, 15) is 4.79 Å². The van der Waals surface area contributed by atoms with E-state index in [0.29, 0.717) is 12.1 Å². The van der Waals surface area contributed by atoms with Gasteiger partial charge in [0, 0.05) is 12.1 Å². The summed E-state index contributed by atoms with van der Waals surface area (Å²) in [6, 6.07) is 19.3. The maximum absolute atomic E-state index is 11.8. The molecule has 0 radical (unpaired) electrons. The fourth-order valence-corrected chi connectivity index (χ4v) is 2.05. The fourth-order valence-electron chi connectivity index (χ4n) is 2.05. The summed E-state index contributed by atoms with van der Waals surface area (Å²) in [6.07, 6.45) is 1.70. The molecule has 0 aromatic heterocycles. The van der Waals surface area contributed by atoms with Crippen molar-refractivity contribution in [2.45, 2.75) is 25.9 Å². The maximum atomic E-state index is 11.8. The first-order valence-electron chi connectivity index (χ1n) is 7.21. The average Bonchev–Trinajstić information content (AvgIpc) is 2.55. The molecule has 0 aliphatic carbocycles. The molecule has 1 N–H and O–H groups in total. The summed E-state index contributed by atoms with van der Waals surface area (Å²) >= 11 is 0. The van der Waals surface area contributed by atoms with Gasteiger partial charge in [-0.3, -0.25) is 5.32 Å². The average molecular weight is 294 g/mol. The normalized spacial score (nSPS) is 9.77. The minimum absolute atomic E-state index is 0.245. The van der Waals surface area contributed by atoms with Crippen molar-refractivity contribution in [3.63, 3.8) is 0 Å². The van der Waals surface area contributed by atoms with E-state index in [1.165, 1.54) is 0 Å². The molecule has 0 fully saturated rings. The van der Waals surface area contributed by atoms with Gasteiger partial charge in [0.15, 0.2) is 0 Å². The summed E-state index contributed by atoms with van der Waals surface area (Å²) < 4.78 is 5.18. The van der Waals surface area contributed by atoms with Crippen LogP contribution in [-0.2, 0) is 17.8 Å². The van der Waals surface area contributed by atoms with Crippen LogP contribution in [0.3, 0.4) is 0 Å². The van der Waals surface area contributed by atoms with Crippen LogP contribution in [-0.4, -0.2) is 6.09 Å². The Labute approximate surface area is 130 Å². The molecular weight excluding hydrogens is 276 g/mol. The van der Waals surface area contributed by atoms with Crippen LogP contribution >= 0.6 is 0 Å². The molecule has 22 heavy (non-hydrogen) atoms. The molecule has 0 saturated carbocycles. The van der Waals surface area contributed by atoms with Gasteiger partial charge in [-0.25, -0.2) is 4.79 Å². The zero-order valence-corrected chi connectivity index (χ0v) is 12.3. The fraction of sp³-hybridized carbons (Fsp3) is 0.222. The van der Waals surface area contributed by atoms with Crippen LogP contribution in [0.4, 0.5) is 10.5 Å². The third-order valence-electron chi connectivity index (χ3n) is 3.14. The third-order valence-corrected chi connectivity index (χ3v) is 3.14. The van der Waals surface area contributed by atoms with Crippen LogP contribution in [0.25, 0.3) is 0 Å². The predicted molar refractivity (Wildman–Crippen MR) is 85.2 cm³/mol. The topological polar surface area (TPSA) is 62.1 Å². The van der Waals surface area contributed by atoms with E-state index in [-0.39, 0.29) is 6.61 Å². The van der Waals surface area contributed by atoms with Crippen molar-refractivity contribution >= 4 is 11.8 Å². The highest BCUT2D eigenvalue weighted by Gasteiger charge is 2.04. The van der Waals surface area contributed by atoms with Crippen molar-refractivity contribution in [1.29, 1.82) is 5.26 Å². The standard InChI is InChI=1S/C18H18N2O2/c19-12-5-4-7-15-10-6-11-17(13-15)20-18(21)22-14-16-8-2-1-3-9-16/h1-3,6,8-11,13H,4-5,7,14H2,(H,20,21). The lowest BCUT2D eigenvalue weighted by Crippen LogP contribution is -2.13. The van der Waals surface area contributed by atoms with E-state index < -0.39 is 6.09 Å². The van der Waals surface area contributed by atoms with Gasteiger partial charge in [-0.15, -0.1) is 0 Å². The van der Waals surface area contributed by atoms with Gasteiger partial charge in [0.2, 0.25) is 0 Å². The summed E-state index contributed by atoms with van der Waals surface area (Å²) in [5.41, 5.74) is 2.74. The van der Waals surface area contributed by atoms with Crippen molar-refractivity contribution in [1.82, 2.24) is 0 Å². The molecular formula is C18H18N2O2. The smallest absolute Gasteiger partial charge is 0.411 e. The molecule has 0 atom stereocenters. The molecule has 2 aromatic rings. The monoisotopic (exact) mass is 294 g/mol. The van der Waals surface area contributed by atoms with Gasteiger partial charge in [-0.2, -0.15) is 5.26 Å². The van der Waals surface area contributed by atoms with Gasteiger partial charge in [-0.05, 0) is 36.1 Å². The summed E-state index contributed by atoms with van der Waals surface area (Å²) in [6.45, 7) is 0.245. The van der Waals surface area contributed by atoms with Gasteiger partial charge in [0.05, 0.1) is 6.07 Å². The van der Waals surface area contributed by atoms with Crippen molar-refractivity contribution < 1.29 is 9.53 Å². The Morgan fingerprint density at radius 2 is 1.86 bits per heavy atom. The van der Waals surface area contributed by atoms with E-state index in [1.807, 2.05) is 54.6 Å². The molecule has 0 bridgehead atoms. The maximum Gasteiger partial charge on any atom is 0.411 e. The number of ether oxygens (including phenoxy) is 1. The molecule has 0 aliphatic heterocycles. The van der Waals surface area contributed by atoms with Crippen LogP contribution in [0.5, 0.6) is 0 Å². The number of nitrogens with zero attached hydrogens (tertiary/aromatic N) is 1. The summed E-state index contributed by atoms with van der Waals surface area (Å²) in [5, 5.41) is 11.3. The van der Waals surface area contributed by atoms with Crippen molar-refractivity contribution in [2.24, 2.45) is 0 Å². The second-order valence-electron chi connectivity index (χ2n) is 4.90. The Bertz CT molecular complexity index is 648. The molecule has 0 heterocycles. The van der Waals surface area contributed by atoms with E-state index >= 15 is 0 Å². The second kappa shape index (κ2) is 8.48. The Kier molecular flexibility index (Phi) is 6.01.